The highest BCUT2D eigenvalue weighted by atomic mass is 16.5. The van der Waals surface area contributed by atoms with Crippen molar-refractivity contribution in [2.24, 2.45) is 0 Å². The van der Waals surface area contributed by atoms with Crippen molar-refractivity contribution in [3.05, 3.63) is 36.2 Å². The third-order valence-electron chi connectivity index (χ3n) is 2.64. The Morgan fingerprint density at radius 1 is 1.14 bits per heavy atom. The Bertz CT molecular complexity index is 590. The normalized spacial score (nSPS) is 10.2. The van der Waals surface area contributed by atoms with Crippen molar-refractivity contribution in [3.8, 4) is 17.4 Å². The van der Waals surface area contributed by atoms with Gasteiger partial charge in [-0.2, -0.15) is 4.98 Å². The first-order valence-corrected chi connectivity index (χ1v) is 6.71. The minimum Gasteiger partial charge on any atom is -0.490 e. The van der Waals surface area contributed by atoms with Crippen LogP contribution in [-0.2, 0) is 11.3 Å². The molecule has 0 unspecified atom stereocenters. The van der Waals surface area contributed by atoms with Crippen LogP contribution in [0, 0.1) is 0 Å². The first-order valence-electron chi connectivity index (χ1n) is 6.71. The van der Waals surface area contributed by atoms with Crippen molar-refractivity contribution in [1.29, 1.82) is 0 Å². The van der Waals surface area contributed by atoms with E-state index in [4.69, 9.17) is 14.2 Å². The average Bonchev–Trinajstić information content (AvgIpc) is 2.49. The third-order valence-corrected chi connectivity index (χ3v) is 2.64. The SMILES string of the molecule is CCOc1ccccc1Oc1cc(NC)nc(COC)n1. The second-order valence-electron chi connectivity index (χ2n) is 4.17. The molecule has 0 atom stereocenters. The maximum atomic E-state index is 5.82. The summed E-state index contributed by atoms with van der Waals surface area (Å²) in [6.07, 6.45) is 0. The molecule has 1 aromatic heterocycles. The molecule has 2 rings (SSSR count). The third kappa shape index (κ3) is 4.06. The van der Waals surface area contributed by atoms with Crippen LogP contribution in [-0.4, -0.2) is 30.7 Å². The van der Waals surface area contributed by atoms with E-state index in [1.165, 1.54) is 0 Å². The molecule has 0 aliphatic heterocycles. The first-order chi connectivity index (χ1) is 10.3. The van der Waals surface area contributed by atoms with Crippen LogP contribution in [0.2, 0.25) is 0 Å². The maximum absolute atomic E-state index is 5.82. The van der Waals surface area contributed by atoms with E-state index < -0.39 is 0 Å². The van der Waals surface area contributed by atoms with E-state index >= 15 is 0 Å². The van der Waals surface area contributed by atoms with Gasteiger partial charge >= 0.3 is 0 Å². The molecule has 0 bridgehead atoms. The zero-order valence-electron chi connectivity index (χ0n) is 12.4. The van der Waals surface area contributed by atoms with Gasteiger partial charge in [-0.25, -0.2) is 4.98 Å². The van der Waals surface area contributed by atoms with Crippen LogP contribution >= 0.6 is 0 Å². The smallest absolute Gasteiger partial charge is 0.224 e. The van der Waals surface area contributed by atoms with Crippen LogP contribution in [0.4, 0.5) is 5.82 Å². The van der Waals surface area contributed by atoms with Gasteiger partial charge in [0, 0.05) is 20.2 Å². The van der Waals surface area contributed by atoms with Crippen LogP contribution in [0.1, 0.15) is 12.7 Å². The number of nitrogens with one attached hydrogen (secondary N) is 1. The van der Waals surface area contributed by atoms with E-state index in [9.17, 15) is 0 Å². The van der Waals surface area contributed by atoms with Crippen LogP contribution < -0.4 is 14.8 Å². The molecule has 0 fully saturated rings. The van der Waals surface area contributed by atoms with E-state index in [1.54, 1.807) is 20.2 Å². The lowest BCUT2D eigenvalue weighted by atomic mass is 10.3. The fourth-order valence-corrected chi connectivity index (χ4v) is 1.77. The molecule has 112 valence electrons. The molecular weight excluding hydrogens is 270 g/mol. The Morgan fingerprint density at radius 3 is 2.57 bits per heavy atom. The molecular formula is C15H19N3O3. The molecule has 2 aromatic rings. The Kier molecular flexibility index (Phi) is 5.34. The highest BCUT2D eigenvalue weighted by Crippen LogP contribution is 2.31. The van der Waals surface area contributed by atoms with Crippen LogP contribution in [0.25, 0.3) is 0 Å². The summed E-state index contributed by atoms with van der Waals surface area (Å²) in [6, 6.07) is 9.19. The summed E-state index contributed by atoms with van der Waals surface area (Å²) in [5.41, 5.74) is 0. The van der Waals surface area contributed by atoms with E-state index in [-0.39, 0.29) is 0 Å². The van der Waals surface area contributed by atoms with Gasteiger partial charge in [-0.1, -0.05) is 12.1 Å². The van der Waals surface area contributed by atoms with Crippen LogP contribution in [0.3, 0.4) is 0 Å². The van der Waals surface area contributed by atoms with Crippen molar-refractivity contribution >= 4 is 5.82 Å². The molecule has 6 heteroatoms. The van der Waals surface area contributed by atoms with E-state index in [0.717, 1.165) is 0 Å². The van der Waals surface area contributed by atoms with Crippen LogP contribution in [0.15, 0.2) is 30.3 Å². The van der Waals surface area contributed by atoms with Crippen molar-refractivity contribution < 1.29 is 14.2 Å². The Hall–Kier alpha value is -2.34. The number of benzene rings is 1. The lowest BCUT2D eigenvalue weighted by Gasteiger charge is -2.12. The highest BCUT2D eigenvalue weighted by molar-refractivity contribution is 5.44. The molecule has 0 aliphatic carbocycles. The first kappa shape index (κ1) is 15.1. The number of methoxy groups -OCH3 is 1. The molecule has 0 radical (unpaired) electrons. The van der Waals surface area contributed by atoms with Crippen LogP contribution in [0.5, 0.6) is 17.4 Å². The lowest BCUT2D eigenvalue weighted by Crippen LogP contribution is -2.03. The monoisotopic (exact) mass is 289 g/mol. The fourth-order valence-electron chi connectivity index (χ4n) is 1.77. The van der Waals surface area contributed by atoms with Gasteiger partial charge in [0.1, 0.15) is 12.4 Å². The maximum Gasteiger partial charge on any atom is 0.224 e. The van der Waals surface area contributed by atoms with Gasteiger partial charge in [0.15, 0.2) is 17.3 Å². The predicted octanol–water partition coefficient (Wildman–Crippen LogP) is 2.86. The standard InChI is InChI=1S/C15H19N3O3/c1-4-20-11-7-5-6-8-12(11)21-15-9-13(16-2)17-14(18-15)10-19-3/h5-9H,4,10H2,1-3H3,(H,16,17,18). The lowest BCUT2D eigenvalue weighted by molar-refractivity contribution is 0.177. The van der Waals surface area contributed by atoms with E-state index in [1.807, 2.05) is 31.2 Å². The second-order valence-corrected chi connectivity index (χ2v) is 4.17. The number of ether oxygens (including phenoxy) is 3. The van der Waals surface area contributed by atoms with Gasteiger partial charge in [0.2, 0.25) is 5.88 Å². The zero-order valence-corrected chi connectivity index (χ0v) is 12.4. The van der Waals surface area contributed by atoms with E-state index in [0.29, 0.717) is 42.2 Å². The number of hydrogen-bond acceptors (Lipinski definition) is 6. The number of hydrogen-bond donors (Lipinski definition) is 1. The number of para-hydroxylation sites is 2. The molecule has 0 aliphatic rings. The zero-order chi connectivity index (χ0) is 15.1. The van der Waals surface area contributed by atoms with Crippen molar-refractivity contribution in [1.82, 2.24) is 9.97 Å². The van der Waals surface area contributed by atoms with Crippen molar-refractivity contribution in [2.45, 2.75) is 13.5 Å². The number of aromatic nitrogens is 2. The summed E-state index contributed by atoms with van der Waals surface area (Å²) in [6.45, 7) is 2.82. The molecule has 0 spiro atoms. The van der Waals surface area contributed by atoms with Gasteiger partial charge < -0.3 is 19.5 Å². The van der Waals surface area contributed by atoms with Crippen molar-refractivity contribution in [3.63, 3.8) is 0 Å². The minimum absolute atomic E-state index is 0.318. The summed E-state index contributed by atoms with van der Waals surface area (Å²) in [5.74, 6) is 2.95. The summed E-state index contributed by atoms with van der Waals surface area (Å²) in [5, 5.41) is 2.97. The predicted molar refractivity (Wildman–Crippen MR) is 80.0 cm³/mol. The molecule has 1 N–H and O–H groups in total. The Morgan fingerprint density at radius 2 is 1.90 bits per heavy atom. The number of nitrogens with zero attached hydrogens (tertiary/aromatic N) is 2. The van der Waals surface area contributed by atoms with Gasteiger partial charge in [-0.3, -0.25) is 0 Å². The molecule has 21 heavy (non-hydrogen) atoms. The van der Waals surface area contributed by atoms with E-state index in [2.05, 4.69) is 15.3 Å². The molecule has 1 aromatic carbocycles. The quantitative estimate of drug-likeness (QED) is 0.845. The summed E-state index contributed by atoms with van der Waals surface area (Å²) < 4.78 is 16.4. The second kappa shape index (κ2) is 7.44. The summed E-state index contributed by atoms with van der Waals surface area (Å²) in [4.78, 5) is 8.60. The Balaban J connectivity index is 2.28. The average molecular weight is 289 g/mol. The molecule has 1 heterocycles. The van der Waals surface area contributed by atoms with Gasteiger partial charge in [0.25, 0.3) is 0 Å². The Labute approximate surface area is 124 Å². The van der Waals surface area contributed by atoms with Gasteiger partial charge in [-0.05, 0) is 19.1 Å². The fraction of sp³-hybridized carbons (Fsp3) is 0.333. The highest BCUT2D eigenvalue weighted by Gasteiger charge is 2.09. The molecule has 0 saturated heterocycles. The summed E-state index contributed by atoms with van der Waals surface area (Å²) in [7, 11) is 3.39. The minimum atomic E-state index is 0.318. The topological polar surface area (TPSA) is 65.5 Å². The molecule has 6 nitrogen and oxygen atoms in total. The summed E-state index contributed by atoms with van der Waals surface area (Å²) >= 11 is 0. The van der Waals surface area contributed by atoms with Crippen molar-refractivity contribution in [2.75, 3.05) is 26.1 Å². The number of anilines is 1. The number of rotatable bonds is 7. The molecule has 0 amide bonds. The molecule has 0 saturated carbocycles. The van der Waals surface area contributed by atoms with Gasteiger partial charge in [0.05, 0.1) is 6.61 Å². The largest absolute Gasteiger partial charge is 0.490 e. The van der Waals surface area contributed by atoms with Gasteiger partial charge in [-0.15, -0.1) is 0 Å².